The molecule has 0 spiro atoms. The number of aryl methyl sites for hydroxylation is 1. The highest BCUT2D eigenvalue weighted by atomic mass is 19.2. The van der Waals surface area contributed by atoms with Gasteiger partial charge in [0.15, 0.2) is 11.6 Å². The Balaban J connectivity index is 2.42. The Morgan fingerprint density at radius 3 is 2.76 bits per heavy atom. The van der Waals surface area contributed by atoms with Gasteiger partial charge in [-0.3, -0.25) is 0 Å². The average Bonchev–Trinajstić information content (AvgIpc) is 2.92. The number of hydrogen-bond donors (Lipinski definition) is 1. The molecule has 0 aliphatic carbocycles. The van der Waals surface area contributed by atoms with Crippen molar-refractivity contribution in [1.29, 1.82) is 0 Å². The first-order chi connectivity index (χ1) is 10.2. The molecule has 0 fully saturated rings. The molecule has 0 saturated carbocycles. The SMILES string of the molecule is CCCNC(c1cccc(F)c1F)c1nccn1CCC. The summed E-state index contributed by atoms with van der Waals surface area (Å²) >= 11 is 0. The first-order valence-electron chi connectivity index (χ1n) is 7.37. The molecule has 1 heterocycles. The van der Waals surface area contributed by atoms with E-state index < -0.39 is 17.7 Å². The molecule has 0 bridgehead atoms. The molecule has 1 N–H and O–H groups in total. The molecule has 1 unspecified atom stereocenters. The van der Waals surface area contributed by atoms with Crippen molar-refractivity contribution >= 4 is 0 Å². The molecular weight excluding hydrogens is 272 g/mol. The van der Waals surface area contributed by atoms with Crippen LogP contribution in [0.3, 0.4) is 0 Å². The van der Waals surface area contributed by atoms with Gasteiger partial charge in [-0.15, -0.1) is 0 Å². The fourth-order valence-corrected chi connectivity index (χ4v) is 2.38. The van der Waals surface area contributed by atoms with Crippen LogP contribution in [0.4, 0.5) is 8.78 Å². The van der Waals surface area contributed by atoms with Crippen LogP contribution in [0, 0.1) is 11.6 Å². The molecule has 0 aliphatic rings. The number of nitrogens with one attached hydrogen (secondary N) is 1. The van der Waals surface area contributed by atoms with E-state index in [-0.39, 0.29) is 0 Å². The molecule has 3 nitrogen and oxygen atoms in total. The van der Waals surface area contributed by atoms with E-state index in [9.17, 15) is 8.78 Å². The highest BCUT2D eigenvalue weighted by Crippen LogP contribution is 2.25. The first-order valence-corrected chi connectivity index (χ1v) is 7.37. The van der Waals surface area contributed by atoms with E-state index in [1.807, 2.05) is 17.7 Å². The van der Waals surface area contributed by atoms with Gasteiger partial charge in [0.25, 0.3) is 0 Å². The standard InChI is InChI=1S/C16H21F2N3/c1-3-8-19-15(12-6-5-7-13(17)14(12)18)16-20-9-11-21(16)10-4-2/h5-7,9,11,15,19H,3-4,8,10H2,1-2H3. The summed E-state index contributed by atoms with van der Waals surface area (Å²) in [6.45, 7) is 5.61. The Labute approximate surface area is 124 Å². The maximum Gasteiger partial charge on any atom is 0.164 e. The number of hydrogen-bond acceptors (Lipinski definition) is 2. The van der Waals surface area contributed by atoms with Crippen LogP contribution in [-0.4, -0.2) is 16.1 Å². The van der Waals surface area contributed by atoms with Crippen molar-refractivity contribution in [2.75, 3.05) is 6.54 Å². The van der Waals surface area contributed by atoms with Gasteiger partial charge in [0.05, 0.1) is 6.04 Å². The summed E-state index contributed by atoms with van der Waals surface area (Å²) in [5, 5.41) is 3.26. The van der Waals surface area contributed by atoms with E-state index in [1.165, 1.54) is 6.07 Å². The summed E-state index contributed by atoms with van der Waals surface area (Å²) in [6, 6.07) is 3.83. The Kier molecular flexibility index (Phi) is 5.44. The van der Waals surface area contributed by atoms with E-state index in [4.69, 9.17) is 0 Å². The largest absolute Gasteiger partial charge is 0.333 e. The lowest BCUT2D eigenvalue weighted by atomic mass is 10.0. The summed E-state index contributed by atoms with van der Waals surface area (Å²) in [7, 11) is 0. The summed E-state index contributed by atoms with van der Waals surface area (Å²) < 4.78 is 29.6. The molecule has 114 valence electrons. The molecule has 0 saturated heterocycles. The molecule has 2 rings (SSSR count). The highest BCUT2D eigenvalue weighted by molar-refractivity contribution is 5.28. The molecule has 5 heteroatoms. The fraction of sp³-hybridized carbons (Fsp3) is 0.438. The molecule has 0 radical (unpaired) electrons. The third-order valence-electron chi connectivity index (χ3n) is 3.36. The Hall–Kier alpha value is -1.75. The minimum absolute atomic E-state index is 0.298. The van der Waals surface area contributed by atoms with Crippen molar-refractivity contribution in [2.24, 2.45) is 0 Å². The predicted molar refractivity (Wildman–Crippen MR) is 79.0 cm³/mol. The smallest absolute Gasteiger partial charge is 0.164 e. The Bertz CT molecular complexity index is 581. The molecule has 1 aromatic carbocycles. The van der Waals surface area contributed by atoms with E-state index in [0.717, 1.165) is 31.3 Å². The summed E-state index contributed by atoms with van der Waals surface area (Å²) in [5.41, 5.74) is 0.298. The van der Waals surface area contributed by atoms with Crippen molar-refractivity contribution in [2.45, 2.75) is 39.3 Å². The van der Waals surface area contributed by atoms with Gasteiger partial charge in [-0.2, -0.15) is 0 Å². The number of benzene rings is 1. The van der Waals surface area contributed by atoms with Crippen molar-refractivity contribution in [3.63, 3.8) is 0 Å². The summed E-state index contributed by atoms with van der Waals surface area (Å²) in [5.74, 6) is -0.920. The summed E-state index contributed by atoms with van der Waals surface area (Å²) in [6.07, 6.45) is 5.43. The van der Waals surface area contributed by atoms with Crippen LogP contribution in [0.25, 0.3) is 0 Å². The quantitative estimate of drug-likeness (QED) is 0.844. The third kappa shape index (κ3) is 3.47. The van der Waals surface area contributed by atoms with Crippen LogP contribution in [0.15, 0.2) is 30.6 Å². The third-order valence-corrected chi connectivity index (χ3v) is 3.36. The number of aromatic nitrogens is 2. The number of imidazole rings is 1. The second kappa shape index (κ2) is 7.31. The second-order valence-electron chi connectivity index (χ2n) is 5.01. The maximum absolute atomic E-state index is 14.1. The van der Waals surface area contributed by atoms with Gasteiger partial charge < -0.3 is 9.88 Å². The lowest BCUT2D eigenvalue weighted by molar-refractivity contribution is 0.466. The minimum Gasteiger partial charge on any atom is -0.333 e. The Morgan fingerprint density at radius 2 is 2.05 bits per heavy atom. The van der Waals surface area contributed by atoms with Crippen molar-refractivity contribution in [3.05, 3.63) is 53.6 Å². The van der Waals surface area contributed by atoms with Crippen molar-refractivity contribution in [3.8, 4) is 0 Å². The number of rotatable bonds is 7. The predicted octanol–water partition coefficient (Wildman–Crippen LogP) is 3.66. The molecule has 0 aliphatic heterocycles. The Morgan fingerprint density at radius 1 is 1.24 bits per heavy atom. The molecular formula is C16H21F2N3. The molecule has 2 aromatic rings. The van der Waals surface area contributed by atoms with E-state index >= 15 is 0 Å². The zero-order valence-corrected chi connectivity index (χ0v) is 12.4. The van der Waals surface area contributed by atoms with Crippen LogP contribution in [-0.2, 0) is 6.54 Å². The number of halogens is 2. The first kappa shape index (κ1) is 15.6. The second-order valence-corrected chi connectivity index (χ2v) is 5.01. The van der Waals surface area contributed by atoms with Gasteiger partial charge in [0.1, 0.15) is 5.82 Å². The van der Waals surface area contributed by atoms with Crippen LogP contribution < -0.4 is 5.32 Å². The molecule has 0 amide bonds. The lowest BCUT2D eigenvalue weighted by Gasteiger charge is -2.20. The summed E-state index contributed by atoms with van der Waals surface area (Å²) in [4.78, 5) is 4.35. The maximum atomic E-state index is 14.1. The molecule has 21 heavy (non-hydrogen) atoms. The van der Waals surface area contributed by atoms with Crippen molar-refractivity contribution < 1.29 is 8.78 Å². The normalized spacial score (nSPS) is 12.6. The van der Waals surface area contributed by atoms with Crippen LogP contribution in [0.1, 0.15) is 44.1 Å². The zero-order valence-electron chi connectivity index (χ0n) is 12.4. The van der Waals surface area contributed by atoms with Crippen LogP contribution >= 0.6 is 0 Å². The molecule has 1 atom stereocenters. The topological polar surface area (TPSA) is 29.9 Å². The highest BCUT2D eigenvalue weighted by Gasteiger charge is 2.23. The monoisotopic (exact) mass is 293 g/mol. The fourth-order valence-electron chi connectivity index (χ4n) is 2.38. The van der Waals surface area contributed by atoms with Crippen LogP contribution in [0.2, 0.25) is 0 Å². The van der Waals surface area contributed by atoms with Crippen LogP contribution in [0.5, 0.6) is 0 Å². The van der Waals surface area contributed by atoms with Gasteiger partial charge in [0, 0.05) is 24.5 Å². The van der Waals surface area contributed by atoms with E-state index in [1.54, 1.807) is 12.3 Å². The van der Waals surface area contributed by atoms with Gasteiger partial charge >= 0.3 is 0 Å². The minimum atomic E-state index is -0.829. The zero-order chi connectivity index (χ0) is 15.2. The van der Waals surface area contributed by atoms with Gasteiger partial charge in [-0.05, 0) is 25.5 Å². The van der Waals surface area contributed by atoms with Gasteiger partial charge in [-0.25, -0.2) is 13.8 Å². The number of nitrogens with zero attached hydrogens (tertiary/aromatic N) is 2. The van der Waals surface area contributed by atoms with E-state index in [0.29, 0.717) is 12.1 Å². The van der Waals surface area contributed by atoms with E-state index in [2.05, 4.69) is 17.2 Å². The van der Waals surface area contributed by atoms with Crippen molar-refractivity contribution in [1.82, 2.24) is 14.9 Å². The molecule has 1 aromatic heterocycles. The lowest BCUT2D eigenvalue weighted by Crippen LogP contribution is -2.27. The van der Waals surface area contributed by atoms with Gasteiger partial charge in [0.2, 0.25) is 0 Å². The average molecular weight is 293 g/mol. The van der Waals surface area contributed by atoms with Gasteiger partial charge in [-0.1, -0.05) is 26.0 Å².